The summed E-state index contributed by atoms with van der Waals surface area (Å²) in [6.07, 6.45) is 0.936. The zero-order valence-corrected chi connectivity index (χ0v) is 5.63. The molecule has 52 valence electrons. The number of rotatable bonds is 1. The molecular weight excluding hydrogens is 116 g/mol. The van der Waals surface area contributed by atoms with Crippen molar-refractivity contribution in [3.8, 4) is 0 Å². The second-order valence-corrected chi connectivity index (χ2v) is 2.65. The van der Waals surface area contributed by atoms with E-state index in [0.29, 0.717) is 0 Å². The fourth-order valence-electron chi connectivity index (χ4n) is 1.17. The van der Waals surface area contributed by atoms with Crippen molar-refractivity contribution < 1.29 is 4.79 Å². The number of hydrogen-bond acceptors (Lipinski definition) is 2. The Morgan fingerprint density at radius 1 is 1.78 bits per heavy atom. The van der Waals surface area contributed by atoms with Gasteiger partial charge in [0.15, 0.2) is 0 Å². The molecule has 0 aromatic rings. The molecule has 1 saturated heterocycles. The van der Waals surface area contributed by atoms with Gasteiger partial charge in [-0.05, 0) is 20.0 Å². The van der Waals surface area contributed by atoms with Gasteiger partial charge in [0.25, 0.3) is 0 Å². The van der Waals surface area contributed by atoms with E-state index in [2.05, 4.69) is 4.90 Å². The van der Waals surface area contributed by atoms with Crippen molar-refractivity contribution in [1.29, 1.82) is 0 Å². The Morgan fingerprint density at radius 2 is 2.44 bits per heavy atom. The third kappa shape index (κ3) is 1.42. The largest absolute Gasteiger partial charge is 0.369 e. The molecule has 1 amide bonds. The van der Waals surface area contributed by atoms with E-state index in [4.69, 9.17) is 5.73 Å². The van der Waals surface area contributed by atoms with Gasteiger partial charge in [0, 0.05) is 6.54 Å². The molecule has 1 unspecified atom stereocenters. The summed E-state index contributed by atoms with van der Waals surface area (Å²) in [5.74, 6) is -0.0469. The lowest BCUT2D eigenvalue weighted by Gasteiger charge is -2.05. The van der Waals surface area contributed by atoms with Crippen LogP contribution in [0.15, 0.2) is 0 Å². The average Bonchev–Trinajstić information content (AvgIpc) is 2.14. The maximum absolute atomic E-state index is 10.5. The highest BCUT2D eigenvalue weighted by Crippen LogP contribution is 2.12. The van der Waals surface area contributed by atoms with Crippen molar-refractivity contribution in [2.45, 2.75) is 6.42 Å². The van der Waals surface area contributed by atoms with Crippen molar-refractivity contribution in [3.63, 3.8) is 0 Å². The van der Waals surface area contributed by atoms with Gasteiger partial charge in [0.05, 0.1) is 5.92 Å². The molecule has 1 atom stereocenters. The minimum absolute atomic E-state index is 0.106. The van der Waals surface area contributed by atoms with E-state index in [1.54, 1.807) is 0 Å². The van der Waals surface area contributed by atoms with E-state index < -0.39 is 0 Å². The Bertz CT molecular complexity index is 124. The SMILES string of the molecule is CN1CCC(C(N)=O)C1. The van der Waals surface area contributed by atoms with Crippen LogP contribution in [0.4, 0.5) is 0 Å². The highest BCUT2D eigenvalue weighted by molar-refractivity contribution is 5.77. The quantitative estimate of drug-likeness (QED) is 0.513. The maximum Gasteiger partial charge on any atom is 0.221 e. The molecule has 1 aliphatic heterocycles. The molecule has 2 N–H and O–H groups in total. The van der Waals surface area contributed by atoms with Crippen molar-refractivity contribution >= 4 is 5.91 Å². The van der Waals surface area contributed by atoms with Gasteiger partial charge >= 0.3 is 0 Å². The van der Waals surface area contributed by atoms with Gasteiger partial charge in [-0.3, -0.25) is 4.79 Å². The maximum atomic E-state index is 10.5. The van der Waals surface area contributed by atoms with Crippen molar-refractivity contribution in [2.75, 3.05) is 20.1 Å². The fourth-order valence-corrected chi connectivity index (χ4v) is 1.17. The van der Waals surface area contributed by atoms with Crippen LogP contribution in [0.1, 0.15) is 6.42 Å². The van der Waals surface area contributed by atoms with Crippen LogP contribution >= 0.6 is 0 Å². The zero-order valence-electron chi connectivity index (χ0n) is 5.63. The van der Waals surface area contributed by atoms with Gasteiger partial charge in [-0.25, -0.2) is 0 Å². The molecule has 1 aliphatic rings. The van der Waals surface area contributed by atoms with Gasteiger partial charge in [-0.1, -0.05) is 0 Å². The molecule has 0 spiro atoms. The summed E-state index contributed by atoms with van der Waals surface area (Å²) in [6, 6.07) is 0. The fraction of sp³-hybridized carbons (Fsp3) is 0.833. The number of nitrogens with zero attached hydrogens (tertiary/aromatic N) is 1. The smallest absolute Gasteiger partial charge is 0.221 e. The predicted molar refractivity (Wildman–Crippen MR) is 34.8 cm³/mol. The lowest BCUT2D eigenvalue weighted by molar-refractivity contribution is -0.121. The number of carbonyl (C=O) groups is 1. The highest BCUT2D eigenvalue weighted by Gasteiger charge is 2.23. The van der Waals surface area contributed by atoms with E-state index in [1.807, 2.05) is 7.05 Å². The molecule has 1 rings (SSSR count). The molecular formula is C6H12N2O. The van der Waals surface area contributed by atoms with E-state index in [0.717, 1.165) is 19.5 Å². The molecule has 1 fully saturated rings. The minimum atomic E-state index is -0.153. The van der Waals surface area contributed by atoms with Crippen LogP contribution in [0.2, 0.25) is 0 Å². The van der Waals surface area contributed by atoms with Crippen molar-refractivity contribution in [2.24, 2.45) is 11.7 Å². The molecule has 0 radical (unpaired) electrons. The summed E-state index contributed by atoms with van der Waals surface area (Å²) in [6.45, 7) is 1.85. The molecule has 9 heavy (non-hydrogen) atoms. The van der Waals surface area contributed by atoms with E-state index in [9.17, 15) is 4.79 Å². The first-order chi connectivity index (χ1) is 4.20. The molecule has 3 nitrogen and oxygen atoms in total. The zero-order chi connectivity index (χ0) is 6.85. The van der Waals surface area contributed by atoms with Crippen LogP contribution in [0, 0.1) is 5.92 Å². The number of hydrogen-bond donors (Lipinski definition) is 1. The summed E-state index contributed by atoms with van der Waals surface area (Å²) in [4.78, 5) is 12.7. The molecule has 0 saturated carbocycles. The third-order valence-electron chi connectivity index (χ3n) is 1.79. The van der Waals surface area contributed by atoms with E-state index in [1.165, 1.54) is 0 Å². The van der Waals surface area contributed by atoms with Gasteiger partial charge in [-0.2, -0.15) is 0 Å². The Morgan fingerprint density at radius 3 is 2.67 bits per heavy atom. The standard InChI is InChI=1S/C6H12N2O/c1-8-3-2-5(4-8)6(7)9/h5H,2-4H2,1H3,(H2,7,9). The number of amides is 1. The molecule has 0 aromatic heterocycles. The average molecular weight is 128 g/mol. The molecule has 0 aromatic carbocycles. The Balaban J connectivity index is 2.39. The first-order valence-electron chi connectivity index (χ1n) is 3.18. The van der Waals surface area contributed by atoms with Gasteiger partial charge < -0.3 is 10.6 Å². The molecule has 0 aliphatic carbocycles. The van der Waals surface area contributed by atoms with E-state index in [-0.39, 0.29) is 11.8 Å². The summed E-state index contributed by atoms with van der Waals surface area (Å²) in [7, 11) is 2.00. The molecule has 0 bridgehead atoms. The van der Waals surface area contributed by atoms with Gasteiger partial charge in [-0.15, -0.1) is 0 Å². The molecule has 1 heterocycles. The lowest BCUT2D eigenvalue weighted by atomic mass is 10.1. The number of primary amides is 1. The van der Waals surface area contributed by atoms with E-state index >= 15 is 0 Å². The van der Waals surface area contributed by atoms with Crippen LogP contribution in [-0.4, -0.2) is 30.9 Å². The normalized spacial score (nSPS) is 28.8. The number of nitrogens with two attached hydrogens (primary N) is 1. The van der Waals surface area contributed by atoms with Crippen molar-refractivity contribution in [1.82, 2.24) is 4.90 Å². The number of carbonyl (C=O) groups excluding carboxylic acids is 1. The highest BCUT2D eigenvalue weighted by atomic mass is 16.1. The van der Waals surface area contributed by atoms with Crippen LogP contribution in [0.25, 0.3) is 0 Å². The number of likely N-dealkylation sites (tertiary alicyclic amines) is 1. The Labute approximate surface area is 54.8 Å². The first-order valence-corrected chi connectivity index (χ1v) is 3.18. The monoisotopic (exact) mass is 128 g/mol. The summed E-state index contributed by atoms with van der Waals surface area (Å²) in [5, 5.41) is 0. The summed E-state index contributed by atoms with van der Waals surface area (Å²) >= 11 is 0. The summed E-state index contributed by atoms with van der Waals surface area (Å²) < 4.78 is 0. The van der Waals surface area contributed by atoms with Gasteiger partial charge in [0.1, 0.15) is 0 Å². The third-order valence-corrected chi connectivity index (χ3v) is 1.79. The molecule has 3 heteroatoms. The Hall–Kier alpha value is -0.570. The Kier molecular flexibility index (Phi) is 1.71. The van der Waals surface area contributed by atoms with Crippen molar-refractivity contribution in [3.05, 3.63) is 0 Å². The van der Waals surface area contributed by atoms with Crippen LogP contribution in [-0.2, 0) is 4.79 Å². The minimum Gasteiger partial charge on any atom is -0.369 e. The van der Waals surface area contributed by atoms with Crippen LogP contribution < -0.4 is 5.73 Å². The lowest BCUT2D eigenvalue weighted by Crippen LogP contribution is -2.25. The van der Waals surface area contributed by atoms with Crippen LogP contribution in [0.3, 0.4) is 0 Å². The topological polar surface area (TPSA) is 46.3 Å². The summed E-state index contributed by atoms with van der Waals surface area (Å²) in [5.41, 5.74) is 5.09. The predicted octanol–water partition coefficient (Wildman–Crippen LogP) is -0.577. The first kappa shape index (κ1) is 6.55. The second-order valence-electron chi connectivity index (χ2n) is 2.65. The van der Waals surface area contributed by atoms with Crippen LogP contribution in [0.5, 0.6) is 0 Å². The van der Waals surface area contributed by atoms with Gasteiger partial charge in [0.2, 0.25) is 5.91 Å². The second kappa shape index (κ2) is 2.35.